The summed E-state index contributed by atoms with van der Waals surface area (Å²) in [5.41, 5.74) is 3.40. The highest BCUT2D eigenvalue weighted by Gasteiger charge is 2.24. The maximum atomic E-state index is 12.7. The van der Waals surface area contributed by atoms with Crippen molar-refractivity contribution in [3.05, 3.63) is 46.5 Å². The monoisotopic (exact) mass is 396 g/mol. The number of carbonyl (C=O) groups is 2. The lowest BCUT2D eigenvalue weighted by atomic mass is 9.87. The van der Waals surface area contributed by atoms with Gasteiger partial charge >= 0.3 is 0 Å². The van der Waals surface area contributed by atoms with E-state index in [0.717, 1.165) is 15.9 Å². The molecule has 28 heavy (non-hydrogen) atoms. The first-order valence-electron chi connectivity index (χ1n) is 9.66. The van der Waals surface area contributed by atoms with Gasteiger partial charge in [0.2, 0.25) is 0 Å². The van der Waals surface area contributed by atoms with Crippen LogP contribution in [0.25, 0.3) is 10.2 Å². The van der Waals surface area contributed by atoms with E-state index < -0.39 is 0 Å². The van der Waals surface area contributed by atoms with Gasteiger partial charge in [0.15, 0.2) is 0 Å². The number of amides is 2. The maximum Gasteiger partial charge on any atom is 0.265 e. The molecule has 1 saturated carbocycles. The number of hydrogen-bond acceptors (Lipinski definition) is 4. The van der Waals surface area contributed by atoms with Gasteiger partial charge in [-0.2, -0.15) is 5.10 Å². The Morgan fingerprint density at radius 1 is 1.11 bits per heavy atom. The minimum absolute atomic E-state index is 0.136. The van der Waals surface area contributed by atoms with Crippen LogP contribution >= 0.6 is 11.3 Å². The van der Waals surface area contributed by atoms with Crippen molar-refractivity contribution in [1.82, 2.24) is 15.1 Å². The van der Waals surface area contributed by atoms with Gasteiger partial charge in [-0.05, 0) is 43.2 Å². The fourth-order valence-electron chi connectivity index (χ4n) is 3.86. The zero-order valence-electron chi connectivity index (χ0n) is 16.1. The summed E-state index contributed by atoms with van der Waals surface area (Å²) in [4.78, 5) is 25.0. The van der Waals surface area contributed by atoms with E-state index in [1.54, 1.807) is 31.3 Å². The molecule has 146 valence electrons. The van der Waals surface area contributed by atoms with Gasteiger partial charge in [-0.15, -0.1) is 11.3 Å². The molecule has 0 saturated heterocycles. The van der Waals surface area contributed by atoms with Crippen molar-refractivity contribution < 1.29 is 9.59 Å². The smallest absolute Gasteiger partial charge is 0.265 e. The standard InChI is InChI=1S/C21H24N4O2S/c1-22-20(26)14-8-10-15(11-9-14)23-21(27)17-12-16-19(28-17)18(24-25(16)2)13-6-4-3-5-7-13/h8-13H,3-7H2,1-2H3,(H,22,26)(H,23,27). The van der Waals surface area contributed by atoms with Gasteiger partial charge in [-0.1, -0.05) is 19.3 Å². The van der Waals surface area contributed by atoms with Crippen LogP contribution in [0.1, 0.15) is 63.7 Å². The lowest BCUT2D eigenvalue weighted by Crippen LogP contribution is -2.17. The van der Waals surface area contributed by atoms with E-state index in [1.807, 2.05) is 17.8 Å². The predicted octanol–water partition coefficient (Wildman–Crippen LogP) is 4.29. The van der Waals surface area contributed by atoms with Crippen molar-refractivity contribution in [2.24, 2.45) is 7.05 Å². The second-order valence-corrected chi connectivity index (χ2v) is 8.33. The second-order valence-electron chi connectivity index (χ2n) is 7.28. The van der Waals surface area contributed by atoms with E-state index in [-0.39, 0.29) is 11.8 Å². The maximum absolute atomic E-state index is 12.7. The van der Waals surface area contributed by atoms with Gasteiger partial charge in [0.1, 0.15) is 0 Å². The molecule has 0 spiro atoms. The van der Waals surface area contributed by atoms with Gasteiger partial charge in [0.05, 0.1) is 20.8 Å². The van der Waals surface area contributed by atoms with Crippen LogP contribution in [0.2, 0.25) is 0 Å². The third-order valence-electron chi connectivity index (χ3n) is 5.40. The average molecular weight is 397 g/mol. The Bertz CT molecular complexity index is 1010. The summed E-state index contributed by atoms with van der Waals surface area (Å²) < 4.78 is 3.03. The molecule has 1 aliphatic carbocycles. The molecule has 1 aliphatic rings. The van der Waals surface area contributed by atoms with Gasteiger partial charge < -0.3 is 10.6 Å². The van der Waals surface area contributed by atoms with Crippen molar-refractivity contribution >= 4 is 39.1 Å². The van der Waals surface area contributed by atoms with Crippen LogP contribution in [0, 0.1) is 0 Å². The van der Waals surface area contributed by atoms with E-state index in [9.17, 15) is 9.59 Å². The Labute approximate surface area is 167 Å². The van der Waals surface area contributed by atoms with Gasteiger partial charge in [-0.25, -0.2) is 0 Å². The number of carbonyl (C=O) groups excluding carboxylic acids is 2. The molecular formula is C21H24N4O2S. The molecule has 2 amide bonds. The lowest BCUT2D eigenvalue weighted by molar-refractivity contribution is 0.0962. The number of benzene rings is 1. The van der Waals surface area contributed by atoms with Crippen molar-refractivity contribution in [2.75, 3.05) is 12.4 Å². The summed E-state index contributed by atoms with van der Waals surface area (Å²) in [6, 6.07) is 8.80. The number of anilines is 1. The topological polar surface area (TPSA) is 76.0 Å². The number of nitrogens with one attached hydrogen (secondary N) is 2. The van der Waals surface area contributed by atoms with Crippen LogP contribution in [0.5, 0.6) is 0 Å². The van der Waals surface area contributed by atoms with Crippen molar-refractivity contribution in [2.45, 2.75) is 38.0 Å². The van der Waals surface area contributed by atoms with E-state index in [1.165, 1.54) is 43.4 Å². The molecule has 0 bridgehead atoms. The molecule has 2 N–H and O–H groups in total. The summed E-state index contributed by atoms with van der Waals surface area (Å²) in [7, 11) is 3.54. The highest BCUT2D eigenvalue weighted by Crippen LogP contribution is 2.39. The Morgan fingerprint density at radius 3 is 2.50 bits per heavy atom. The minimum atomic E-state index is -0.148. The number of aryl methyl sites for hydroxylation is 1. The number of fused-ring (bicyclic) bond motifs is 1. The molecule has 2 aromatic heterocycles. The number of thiophene rings is 1. The lowest BCUT2D eigenvalue weighted by Gasteiger charge is -2.19. The van der Waals surface area contributed by atoms with E-state index in [0.29, 0.717) is 22.0 Å². The predicted molar refractivity (Wildman–Crippen MR) is 112 cm³/mol. The molecule has 4 rings (SSSR count). The van der Waals surface area contributed by atoms with Crippen molar-refractivity contribution in [3.63, 3.8) is 0 Å². The zero-order valence-corrected chi connectivity index (χ0v) is 16.9. The molecule has 2 heterocycles. The fraction of sp³-hybridized carbons (Fsp3) is 0.381. The Morgan fingerprint density at radius 2 is 1.82 bits per heavy atom. The first-order chi connectivity index (χ1) is 13.6. The van der Waals surface area contributed by atoms with Crippen LogP contribution in [-0.2, 0) is 7.05 Å². The number of aromatic nitrogens is 2. The summed E-state index contributed by atoms with van der Waals surface area (Å²) >= 11 is 1.52. The number of hydrogen-bond donors (Lipinski definition) is 2. The minimum Gasteiger partial charge on any atom is -0.355 e. The normalized spacial score (nSPS) is 14.9. The zero-order chi connectivity index (χ0) is 19.7. The molecule has 1 aromatic carbocycles. The molecule has 0 aliphatic heterocycles. The summed E-state index contributed by atoms with van der Waals surface area (Å²) in [6.45, 7) is 0. The van der Waals surface area contributed by atoms with Crippen LogP contribution in [-0.4, -0.2) is 28.6 Å². The second kappa shape index (κ2) is 7.75. The Kier molecular flexibility index (Phi) is 5.17. The molecule has 3 aromatic rings. The summed E-state index contributed by atoms with van der Waals surface area (Å²) in [6.07, 6.45) is 6.19. The first-order valence-corrected chi connectivity index (χ1v) is 10.5. The van der Waals surface area contributed by atoms with Gasteiger partial charge in [-0.3, -0.25) is 14.3 Å². The van der Waals surface area contributed by atoms with Crippen LogP contribution < -0.4 is 10.6 Å². The van der Waals surface area contributed by atoms with Crippen LogP contribution in [0.4, 0.5) is 5.69 Å². The molecule has 1 fully saturated rings. The Hall–Kier alpha value is -2.67. The molecule has 0 atom stereocenters. The summed E-state index contributed by atoms with van der Waals surface area (Å²) in [5.74, 6) is 0.220. The molecule has 0 radical (unpaired) electrons. The molecule has 0 unspecified atom stereocenters. The van der Waals surface area contributed by atoms with Gasteiger partial charge in [0, 0.05) is 31.3 Å². The highest BCUT2D eigenvalue weighted by molar-refractivity contribution is 7.21. The quantitative estimate of drug-likeness (QED) is 0.690. The van der Waals surface area contributed by atoms with Crippen molar-refractivity contribution in [3.8, 4) is 0 Å². The van der Waals surface area contributed by atoms with E-state index in [4.69, 9.17) is 5.10 Å². The summed E-state index contributed by atoms with van der Waals surface area (Å²) in [5, 5.41) is 10.3. The molecule has 6 nitrogen and oxygen atoms in total. The SMILES string of the molecule is CNC(=O)c1ccc(NC(=O)c2cc3c(s2)c(C2CCCCC2)nn3C)cc1. The number of nitrogens with zero attached hydrogens (tertiary/aromatic N) is 2. The molecular weight excluding hydrogens is 372 g/mol. The highest BCUT2D eigenvalue weighted by atomic mass is 32.1. The van der Waals surface area contributed by atoms with Crippen LogP contribution in [0.3, 0.4) is 0 Å². The third kappa shape index (κ3) is 3.54. The van der Waals surface area contributed by atoms with Crippen molar-refractivity contribution in [1.29, 1.82) is 0 Å². The van der Waals surface area contributed by atoms with Crippen LogP contribution in [0.15, 0.2) is 30.3 Å². The Balaban J connectivity index is 1.55. The van der Waals surface area contributed by atoms with E-state index >= 15 is 0 Å². The largest absolute Gasteiger partial charge is 0.355 e. The fourth-order valence-corrected chi connectivity index (χ4v) is 5.00. The van der Waals surface area contributed by atoms with Gasteiger partial charge in [0.25, 0.3) is 11.8 Å². The number of rotatable bonds is 4. The van der Waals surface area contributed by atoms with E-state index in [2.05, 4.69) is 10.6 Å². The molecule has 7 heteroatoms. The third-order valence-corrected chi connectivity index (χ3v) is 6.54. The average Bonchev–Trinajstić information content (AvgIpc) is 3.29. The first kappa shape index (κ1) is 18.7.